The number of hydrogen-bond acceptors (Lipinski definition) is 4. The zero-order valence-electron chi connectivity index (χ0n) is 12.8. The quantitative estimate of drug-likeness (QED) is 0.624. The molecule has 0 radical (unpaired) electrons. The Morgan fingerprint density at radius 2 is 1.61 bits per heavy atom. The second kappa shape index (κ2) is 8.08. The molecule has 0 spiro atoms. The molecule has 1 aromatic rings. The Morgan fingerprint density at radius 3 is 2.00 bits per heavy atom. The summed E-state index contributed by atoms with van der Waals surface area (Å²) >= 11 is 5.82. The number of halogens is 1. The Bertz CT molecular complexity index is 583. The summed E-state index contributed by atoms with van der Waals surface area (Å²) in [7, 11) is 0. The first kappa shape index (κ1) is 19.1. The van der Waals surface area contributed by atoms with Crippen LogP contribution in [0.25, 0.3) is 0 Å². The van der Waals surface area contributed by atoms with Gasteiger partial charge in [-0.05, 0) is 23.6 Å². The molecule has 0 heterocycles. The average molecular weight is 343 g/mol. The molecule has 0 aliphatic heterocycles. The summed E-state index contributed by atoms with van der Waals surface area (Å²) in [6, 6.07) is 6.35. The number of carboxylic acid groups (broad SMARTS) is 2. The van der Waals surface area contributed by atoms with Crippen LogP contribution in [0.15, 0.2) is 24.3 Å². The molecule has 1 rings (SSSR count). The molecule has 3 N–H and O–H groups in total. The third-order valence-corrected chi connectivity index (χ3v) is 4.14. The van der Waals surface area contributed by atoms with E-state index in [0.29, 0.717) is 17.0 Å². The van der Waals surface area contributed by atoms with Crippen molar-refractivity contribution in [2.45, 2.75) is 32.3 Å². The van der Waals surface area contributed by atoms with Crippen LogP contribution < -0.4 is 0 Å². The maximum Gasteiger partial charge on any atom is 0.333 e. The lowest BCUT2D eigenvalue weighted by Crippen LogP contribution is -2.43. The van der Waals surface area contributed by atoms with Crippen molar-refractivity contribution in [1.29, 1.82) is 0 Å². The molecule has 0 aliphatic carbocycles. The molecule has 1 aromatic carbocycles. The number of carboxylic acids is 2. The zero-order valence-corrected chi connectivity index (χ0v) is 13.5. The highest BCUT2D eigenvalue weighted by atomic mass is 35.5. The lowest BCUT2D eigenvalue weighted by Gasteiger charge is -2.26. The van der Waals surface area contributed by atoms with Gasteiger partial charge >= 0.3 is 11.9 Å². The Balaban J connectivity index is 3.29. The van der Waals surface area contributed by atoms with Gasteiger partial charge in [-0.1, -0.05) is 44.0 Å². The van der Waals surface area contributed by atoms with Crippen molar-refractivity contribution >= 4 is 29.3 Å². The minimum atomic E-state index is -2.29. The van der Waals surface area contributed by atoms with Crippen molar-refractivity contribution < 1.29 is 29.7 Å². The fourth-order valence-corrected chi connectivity index (χ4v) is 2.55. The first-order chi connectivity index (χ1) is 10.7. The van der Waals surface area contributed by atoms with Crippen LogP contribution in [-0.4, -0.2) is 39.1 Å². The van der Waals surface area contributed by atoms with E-state index in [1.54, 1.807) is 31.2 Å². The number of Topliss-reactive ketones (excluding diaryl/α,β-unsaturated/α-hetero) is 1. The van der Waals surface area contributed by atoms with Gasteiger partial charge in [-0.2, -0.15) is 0 Å². The Hall–Kier alpha value is -1.92. The van der Waals surface area contributed by atoms with Crippen LogP contribution in [0.5, 0.6) is 0 Å². The Kier molecular flexibility index (Phi) is 6.72. The van der Waals surface area contributed by atoms with E-state index in [-0.39, 0.29) is 5.92 Å². The molecule has 23 heavy (non-hydrogen) atoms. The normalized spacial score (nSPS) is 16.2. The number of hydrogen-bond donors (Lipinski definition) is 3. The van der Waals surface area contributed by atoms with Gasteiger partial charge in [-0.3, -0.25) is 9.59 Å². The van der Waals surface area contributed by atoms with E-state index in [1.165, 1.54) is 0 Å². The summed E-state index contributed by atoms with van der Waals surface area (Å²) in [5, 5.41) is 28.1. The standard InChI is InChI=1S/C16H19ClO6/c1-3-8(2)11(9-4-6-10(17)7-5-9)13(18)12(15(20)21)14(19)16(22)23/h4-8,11-12,14,19H,3H2,1-2H3,(H,20,21)(H,22,23)/t8?,11-,12-,14+/m0/s1. The smallest absolute Gasteiger partial charge is 0.333 e. The van der Waals surface area contributed by atoms with E-state index in [1.807, 2.05) is 6.92 Å². The van der Waals surface area contributed by atoms with E-state index in [4.69, 9.17) is 16.7 Å². The number of aliphatic carboxylic acids is 2. The number of carbonyl (C=O) groups is 3. The number of aliphatic hydroxyl groups is 1. The van der Waals surface area contributed by atoms with Crippen LogP contribution in [0.4, 0.5) is 0 Å². The van der Waals surface area contributed by atoms with Gasteiger partial charge in [-0.25, -0.2) is 4.79 Å². The molecule has 6 nitrogen and oxygen atoms in total. The van der Waals surface area contributed by atoms with E-state index >= 15 is 0 Å². The van der Waals surface area contributed by atoms with Crippen molar-refractivity contribution in [2.24, 2.45) is 11.8 Å². The highest BCUT2D eigenvalue weighted by Gasteiger charge is 2.43. The second-order valence-electron chi connectivity index (χ2n) is 5.42. The van der Waals surface area contributed by atoms with Crippen LogP contribution in [0.2, 0.25) is 5.02 Å². The molecular weight excluding hydrogens is 324 g/mol. The molecule has 0 saturated heterocycles. The fraction of sp³-hybridized carbons (Fsp3) is 0.438. The van der Waals surface area contributed by atoms with Crippen LogP contribution in [0.3, 0.4) is 0 Å². The molecule has 1 unspecified atom stereocenters. The first-order valence-electron chi connectivity index (χ1n) is 7.13. The van der Waals surface area contributed by atoms with Crippen molar-refractivity contribution in [1.82, 2.24) is 0 Å². The van der Waals surface area contributed by atoms with Gasteiger partial charge in [0.1, 0.15) is 0 Å². The number of rotatable bonds is 8. The third-order valence-electron chi connectivity index (χ3n) is 3.89. The Morgan fingerprint density at radius 1 is 1.09 bits per heavy atom. The van der Waals surface area contributed by atoms with Gasteiger partial charge in [-0.15, -0.1) is 0 Å². The summed E-state index contributed by atoms with van der Waals surface area (Å²) in [6.45, 7) is 3.60. The average Bonchev–Trinajstić information content (AvgIpc) is 2.48. The zero-order chi connectivity index (χ0) is 17.7. The third kappa shape index (κ3) is 4.53. The molecule has 4 atom stereocenters. The van der Waals surface area contributed by atoms with Crippen molar-refractivity contribution in [3.05, 3.63) is 34.9 Å². The van der Waals surface area contributed by atoms with Crippen LogP contribution in [0, 0.1) is 11.8 Å². The van der Waals surface area contributed by atoms with Gasteiger partial charge in [0.25, 0.3) is 0 Å². The van der Waals surface area contributed by atoms with Gasteiger partial charge in [0.2, 0.25) is 0 Å². The molecule has 0 aromatic heterocycles. The van der Waals surface area contributed by atoms with Gasteiger partial charge < -0.3 is 15.3 Å². The van der Waals surface area contributed by atoms with Crippen LogP contribution >= 0.6 is 11.6 Å². The summed E-state index contributed by atoms with van der Waals surface area (Å²) in [5.74, 6) is -7.33. The SMILES string of the molecule is CCC(C)[C@H](C(=O)[C@H](C(=O)O)[C@@H](O)C(=O)O)c1ccc(Cl)cc1. The van der Waals surface area contributed by atoms with E-state index in [0.717, 1.165) is 0 Å². The molecule has 0 amide bonds. The highest BCUT2D eigenvalue weighted by Crippen LogP contribution is 2.32. The minimum Gasteiger partial charge on any atom is -0.481 e. The number of benzene rings is 1. The predicted molar refractivity (Wildman–Crippen MR) is 83.4 cm³/mol. The number of aliphatic hydroxyl groups excluding tert-OH is 1. The predicted octanol–water partition coefficient (Wildman–Crippen LogP) is 2.19. The number of ketones is 1. The first-order valence-corrected chi connectivity index (χ1v) is 7.51. The highest BCUT2D eigenvalue weighted by molar-refractivity contribution is 6.30. The topological polar surface area (TPSA) is 112 Å². The fourth-order valence-electron chi connectivity index (χ4n) is 2.43. The molecule has 0 bridgehead atoms. The lowest BCUT2D eigenvalue weighted by molar-refractivity contribution is -0.163. The summed E-state index contributed by atoms with van der Waals surface area (Å²) in [5.41, 5.74) is 0.539. The van der Waals surface area contributed by atoms with Gasteiger partial charge in [0.05, 0.1) is 0 Å². The van der Waals surface area contributed by atoms with E-state index in [2.05, 4.69) is 0 Å². The van der Waals surface area contributed by atoms with Crippen LogP contribution in [-0.2, 0) is 14.4 Å². The van der Waals surface area contributed by atoms with Crippen molar-refractivity contribution in [3.63, 3.8) is 0 Å². The lowest BCUT2D eigenvalue weighted by atomic mass is 9.77. The molecule has 0 saturated carbocycles. The molecule has 0 aliphatic rings. The largest absolute Gasteiger partial charge is 0.481 e. The molecule has 126 valence electrons. The summed E-state index contributed by atoms with van der Waals surface area (Å²) < 4.78 is 0. The van der Waals surface area contributed by atoms with E-state index < -0.39 is 35.7 Å². The van der Waals surface area contributed by atoms with Gasteiger partial charge in [0.15, 0.2) is 17.8 Å². The van der Waals surface area contributed by atoms with Gasteiger partial charge in [0, 0.05) is 10.9 Å². The maximum absolute atomic E-state index is 12.7. The Labute approximate surface area is 138 Å². The molecule has 0 fully saturated rings. The minimum absolute atomic E-state index is 0.230. The second-order valence-corrected chi connectivity index (χ2v) is 5.85. The maximum atomic E-state index is 12.7. The van der Waals surface area contributed by atoms with Crippen LogP contribution in [0.1, 0.15) is 31.7 Å². The van der Waals surface area contributed by atoms with Crippen molar-refractivity contribution in [2.75, 3.05) is 0 Å². The monoisotopic (exact) mass is 342 g/mol. The van der Waals surface area contributed by atoms with Crippen molar-refractivity contribution in [3.8, 4) is 0 Å². The molecular formula is C16H19ClO6. The van der Waals surface area contributed by atoms with E-state index in [9.17, 15) is 24.6 Å². The molecule has 7 heteroatoms. The summed E-state index contributed by atoms with van der Waals surface area (Å²) in [6.07, 6.45) is -1.71. The number of carbonyl (C=O) groups excluding carboxylic acids is 1. The summed E-state index contributed by atoms with van der Waals surface area (Å²) in [4.78, 5) is 34.9.